The highest BCUT2D eigenvalue weighted by Crippen LogP contribution is 2.50. The third kappa shape index (κ3) is 6.32. The zero-order chi connectivity index (χ0) is 43.8. The van der Waals surface area contributed by atoms with Gasteiger partial charge in [0.2, 0.25) is 0 Å². The molecule has 2 nitrogen and oxygen atoms in total. The van der Waals surface area contributed by atoms with E-state index >= 15 is 0 Å². The van der Waals surface area contributed by atoms with Gasteiger partial charge in [-0.05, 0) is 158 Å². The maximum absolute atomic E-state index is 2.45. The first-order valence-electron chi connectivity index (χ1n) is 22.8. The van der Waals surface area contributed by atoms with Crippen molar-refractivity contribution in [3.05, 3.63) is 241 Å². The lowest BCUT2D eigenvalue weighted by molar-refractivity contribution is 0.660. The monoisotopic (exact) mass is 832 g/mol. The first-order chi connectivity index (χ1) is 31.8. The molecule has 0 N–H and O–H groups in total. The van der Waals surface area contributed by atoms with E-state index in [4.69, 9.17) is 0 Å². The topological polar surface area (TPSA) is 8.17 Å². The van der Waals surface area contributed by atoms with Crippen molar-refractivity contribution in [1.82, 2.24) is 4.57 Å². The molecule has 0 atom stereocenters. The van der Waals surface area contributed by atoms with Gasteiger partial charge in [-0.1, -0.05) is 166 Å². The highest BCUT2D eigenvalue weighted by molar-refractivity contribution is 6.09. The summed E-state index contributed by atoms with van der Waals surface area (Å²) in [5, 5.41) is 5.05. The molecule has 11 aromatic rings. The van der Waals surface area contributed by atoms with Crippen LogP contribution >= 0.6 is 0 Å². The average molecular weight is 833 g/mol. The summed E-state index contributed by atoms with van der Waals surface area (Å²) in [7, 11) is 0. The zero-order valence-electron chi connectivity index (χ0n) is 37.2. The van der Waals surface area contributed by atoms with Crippen LogP contribution in [0.1, 0.15) is 36.1 Å². The fraction of sp³-hybridized carbons (Fsp3) is 0.0794. The summed E-state index contributed by atoms with van der Waals surface area (Å²) in [5.74, 6) is 0. The number of hydrogen-bond acceptors (Lipinski definition) is 1. The van der Waals surface area contributed by atoms with Crippen LogP contribution in [0.15, 0.2) is 218 Å². The molecule has 1 aliphatic rings. The molecule has 2 heteroatoms. The maximum Gasteiger partial charge on any atom is 0.0541 e. The quantitative estimate of drug-likeness (QED) is 0.155. The number of aromatic nitrogens is 1. The first kappa shape index (κ1) is 38.7. The highest BCUT2D eigenvalue weighted by atomic mass is 15.1. The van der Waals surface area contributed by atoms with Crippen molar-refractivity contribution in [2.24, 2.45) is 0 Å². The Morgan fingerprint density at radius 3 is 1.60 bits per heavy atom. The van der Waals surface area contributed by atoms with Gasteiger partial charge in [0.25, 0.3) is 0 Å². The minimum Gasteiger partial charge on any atom is -0.310 e. The lowest BCUT2D eigenvalue weighted by atomic mass is 9.81. The molecule has 0 spiro atoms. The third-order valence-corrected chi connectivity index (χ3v) is 14.0. The van der Waals surface area contributed by atoms with E-state index in [1.165, 1.54) is 105 Å². The number of fused-ring (bicyclic) bond motifs is 7. The lowest BCUT2D eigenvalue weighted by Crippen LogP contribution is -2.14. The fourth-order valence-electron chi connectivity index (χ4n) is 10.9. The summed E-state index contributed by atoms with van der Waals surface area (Å²) < 4.78 is 2.40. The van der Waals surface area contributed by atoms with E-state index in [1.54, 1.807) is 0 Å². The van der Waals surface area contributed by atoms with Gasteiger partial charge in [0.15, 0.2) is 0 Å². The maximum atomic E-state index is 2.45. The second-order valence-corrected chi connectivity index (χ2v) is 18.3. The molecule has 0 saturated carbocycles. The Balaban J connectivity index is 0.949. The summed E-state index contributed by atoms with van der Waals surface area (Å²) in [4.78, 5) is 2.45. The number of nitrogens with zero attached hydrogens (tertiary/aromatic N) is 2. The molecule has 65 heavy (non-hydrogen) atoms. The predicted molar refractivity (Wildman–Crippen MR) is 276 cm³/mol. The van der Waals surface area contributed by atoms with E-state index in [0.717, 1.165) is 17.1 Å². The van der Waals surface area contributed by atoms with Crippen LogP contribution in [0.4, 0.5) is 17.1 Å². The first-order valence-corrected chi connectivity index (χ1v) is 22.8. The molecule has 0 fully saturated rings. The molecule has 12 rings (SSSR count). The van der Waals surface area contributed by atoms with E-state index in [2.05, 4.69) is 256 Å². The van der Waals surface area contributed by atoms with Crippen LogP contribution in [-0.4, -0.2) is 4.57 Å². The van der Waals surface area contributed by atoms with Crippen molar-refractivity contribution in [2.75, 3.05) is 4.90 Å². The van der Waals surface area contributed by atoms with Crippen LogP contribution in [-0.2, 0) is 5.41 Å². The van der Waals surface area contributed by atoms with Crippen LogP contribution in [0, 0.1) is 13.8 Å². The van der Waals surface area contributed by atoms with Crippen LogP contribution in [0.3, 0.4) is 0 Å². The molecule has 310 valence electrons. The largest absolute Gasteiger partial charge is 0.310 e. The summed E-state index contributed by atoms with van der Waals surface area (Å²) in [6.07, 6.45) is 0. The van der Waals surface area contributed by atoms with Gasteiger partial charge in [-0.25, -0.2) is 0 Å². The second-order valence-electron chi connectivity index (χ2n) is 18.3. The zero-order valence-corrected chi connectivity index (χ0v) is 37.2. The molecule has 0 amide bonds. The van der Waals surface area contributed by atoms with Crippen LogP contribution < -0.4 is 4.90 Å². The number of anilines is 3. The number of benzene rings is 10. The van der Waals surface area contributed by atoms with Gasteiger partial charge < -0.3 is 9.47 Å². The molecule has 1 aliphatic carbocycles. The normalized spacial score (nSPS) is 12.7. The number of para-hydroxylation sites is 2. The van der Waals surface area contributed by atoms with Gasteiger partial charge in [0.05, 0.1) is 16.7 Å². The van der Waals surface area contributed by atoms with Crippen molar-refractivity contribution < 1.29 is 0 Å². The molecule has 0 saturated heterocycles. The van der Waals surface area contributed by atoms with Gasteiger partial charge in [0, 0.05) is 33.2 Å². The average Bonchev–Trinajstić information content (AvgIpc) is 3.80. The molecule has 1 heterocycles. The minimum absolute atomic E-state index is 0.0511. The second kappa shape index (κ2) is 15.1. The van der Waals surface area contributed by atoms with Crippen molar-refractivity contribution in [1.29, 1.82) is 0 Å². The molecule has 10 aromatic carbocycles. The number of hydrogen-bond donors (Lipinski definition) is 0. The van der Waals surface area contributed by atoms with E-state index in [9.17, 15) is 0 Å². The molecular formula is C63H48N2. The molecule has 0 bridgehead atoms. The molecule has 0 aliphatic heterocycles. The smallest absolute Gasteiger partial charge is 0.0541 e. The Hall–Kier alpha value is -7.94. The van der Waals surface area contributed by atoms with Crippen molar-refractivity contribution >= 4 is 49.6 Å². The van der Waals surface area contributed by atoms with E-state index in [-0.39, 0.29) is 5.41 Å². The van der Waals surface area contributed by atoms with Gasteiger partial charge in [0.1, 0.15) is 0 Å². The lowest BCUT2D eigenvalue weighted by Gasteiger charge is -2.29. The summed E-state index contributed by atoms with van der Waals surface area (Å²) in [5.41, 5.74) is 22.2. The summed E-state index contributed by atoms with van der Waals surface area (Å²) >= 11 is 0. The van der Waals surface area contributed by atoms with Crippen LogP contribution in [0.25, 0.3) is 82.8 Å². The van der Waals surface area contributed by atoms with Crippen LogP contribution in [0.2, 0.25) is 0 Å². The van der Waals surface area contributed by atoms with Gasteiger partial charge in [-0.3, -0.25) is 0 Å². The Morgan fingerprint density at radius 1 is 0.369 bits per heavy atom. The Labute approximate surface area is 381 Å². The van der Waals surface area contributed by atoms with Crippen LogP contribution in [0.5, 0.6) is 0 Å². The standard InChI is InChI=1S/C63H48N2/c1-41-37-48(46-17-13-18-51(39-46)65-60-25-11-8-21-56(60)57-22-9-12-26-61(57)65)38-42(2)62(41)64(50-34-29-45(30-35-50)53-23-14-16-44-15-5-6-19-52(44)53)49-32-27-43(28-33-49)47-31-36-55-54-20-7-10-24-58(54)63(3,4)59(55)40-47/h5-40H,1-4H3. The van der Waals surface area contributed by atoms with E-state index in [0.29, 0.717) is 0 Å². The van der Waals surface area contributed by atoms with Gasteiger partial charge in [-0.2, -0.15) is 0 Å². The third-order valence-electron chi connectivity index (χ3n) is 14.0. The van der Waals surface area contributed by atoms with Gasteiger partial charge >= 0.3 is 0 Å². The predicted octanol–water partition coefficient (Wildman–Crippen LogP) is 17.3. The minimum atomic E-state index is -0.0511. The number of rotatable bonds is 7. The molecule has 0 radical (unpaired) electrons. The fourth-order valence-corrected chi connectivity index (χ4v) is 10.9. The molecular weight excluding hydrogens is 785 g/mol. The van der Waals surface area contributed by atoms with Crippen molar-refractivity contribution in [3.8, 4) is 50.2 Å². The molecule has 1 aromatic heterocycles. The van der Waals surface area contributed by atoms with E-state index in [1.807, 2.05) is 0 Å². The van der Waals surface area contributed by atoms with Crippen molar-refractivity contribution in [2.45, 2.75) is 33.1 Å². The highest BCUT2D eigenvalue weighted by Gasteiger charge is 2.35. The van der Waals surface area contributed by atoms with E-state index < -0.39 is 0 Å². The Kier molecular flexibility index (Phi) is 9.00. The molecule has 0 unspecified atom stereocenters. The Morgan fingerprint density at radius 2 is 0.892 bits per heavy atom. The number of aryl methyl sites for hydroxylation is 2. The van der Waals surface area contributed by atoms with Gasteiger partial charge in [-0.15, -0.1) is 0 Å². The summed E-state index contributed by atoms with van der Waals surface area (Å²) in [6.45, 7) is 9.23. The SMILES string of the molecule is Cc1cc(-c2cccc(-n3c4ccccc4c4ccccc43)c2)cc(C)c1N(c1ccc(-c2ccc3c(c2)C(C)(C)c2ccccc2-3)cc1)c1ccc(-c2cccc3ccccc23)cc1. The van der Waals surface area contributed by atoms with Crippen molar-refractivity contribution in [3.63, 3.8) is 0 Å². The summed E-state index contributed by atoms with van der Waals surface area (Å²) in [6, 6.07) is 80.6. The Bertz CT molecular complexity index is 3560.